The summed E-state index contributed by atoms with van der Waals surface area (Å²) in [6.45, 7) is 4.07. The number of likely N-dealkylation sites (tertiary alicyclic amines) is 1. The lowest BCUT2D eigenvalue weighted by Crippen LogP contribution is -2.32. The van der Waals surface area contributed by atoms with Gasteiger partial charge in [0.15, 0.2) is 0 Å². The van der Waals surface area contributed by atoms with E-state index in [0.717, 1.165) is 36.2 Å². The molecule has 7 heteroatoms. The van der Waals surface area contributed by atoms with Crippen molar-refractivity contribution in [3.63, 3.8) is 0 Å². The van der Waals surface area contributed by atoms with E-state index in [4.69, 9.17) is 0 Å². The molecule has 3 rings (SSSR count). The Morgan fingerprint density at radius 2 is 2.00 bits per heavy atom. The lowest BCUT2D eigenvalue weighted by molar-refractivity contribution is 0.0929. The van der Waals surface area contributed by atoms with Gasteiger partial charge in [0.1, 0.15) is 0 Å². The third kappa shape index (κ3) is 5.64. The van der Waals surface area contributed by atoms with Crippen LogP contribution in [0.1, 0.15) is 47.6 Å². The zero-order chi connectivity index (χ0) is 19.1. The summed E-state index contributed by atoms with van der Waals surface area (Å²) in [6, 6.07) is 7.49. The fraction of sp³-hybridized carbons (Fsp3) is 0.500. The molecular formula is C20H27BrN4O2. The highest BCUT2D eigenvalue weighted by Gasteiger charge is 2.19. The lowest BCUT2D eigenvalue weighted by Gasteiger charge is -2.26. The first-order chi connectivity index (χ1) is 13.2. The molecule has 2 heterocycles. The normalized spacial score (nSPS) is 16.2. The summed E-state index contributed by atoms with van der Waals surface area (Å²) < 4.78 is 2.75. The molecule has 0 spiro atoms. The molecule has 0 unspecified atom stereocenters. The first kappa shape index (κ1) is 20.0. The van der Waals surface area contributed by atoms with Crippen molar-refractivity contribution in [2.75, 3.05) is 26.2 Å². The van der Waals surface area contributed by atoms with E-state index < -0.39 is 0 Å². The number of aromatic nitrogens is 2. The molecule has 1 atom stereocenters. The van der Waals surface area contributed by atoms with Crippen LogP contribution < -0.4 is 5.32 Å². The number of benzene rings is 1. The number of carbonyl (C=O) groups excluding carboxylic acids is 1. The monoisotopic (exact) mass is 434 g/mol. The molecule has 1 aromatic heterocycles. The maximum atomic E-state index is 12.7. The Bertz CT molecular complexity index is 743. The number of nitrogens with zero attached hydrogens (tertiary/aromatic N) is 3. The summed E-state index contributed by atoms with van der Waals surface area (Å²) >= 11 is 3.52. The Morgan fingerprint density at radius 3 is 2.74 bits per heavy atom. The molecule has 0 bridgehead atoms. The van der Waals surface area contributed by atoms with Crippen molar-refractivity contribution in [1.29, 1.82) is 0 Å². The van der Waals surface area contributed by atoms with Crippen molar-refractivity contribution >= 4 is 21.8 Å². The molecule has 0 aliphatic carbocycles. The largest absolute Gasteiger partial charge is 0.396 e. The summed E-state index contributed by atoms with van der Waals surface area (Å²) in [6.07, 6.45) is 7.74. The summed E-state index contributed by atoms with van der Waals surface area (Å²) in [5, 5.41) is 16.7. The summed E-state index contributed by atoms with van der Waals surface area (Å²) in [5.41, 5.74) is 1.50. The summed E-state index contributed by atoms with van der Waals surface area (Å²) in [7, 11) is 0. The second kappa shape index (κ2) is 10.0. The van der Waals surface area contributed by atoms with Gasteiger partial charge in [-0.1, -0.05) is 40.5 Å². The molecular weight excluding hydrogens is 408 g/mol. The SMILES string of the molecule is O=C(N[C@@H](CCO)c1ccccc1Br)c1cnn(CCN2CCCCC2)c1. The van der Waals surface area contributed by atoms with Crippen LogP contribution in [0.5, 0.6) is 0 Å². The van der Waals surface area contributed by atoms with Gasteiger partial charge in [-0.25, -0.2) is 0 Å². The molecule has 1 aliphatic rings. The maximum absolute atomic E-state index is 12.7. The number of amides is 1. The zero-order valence-electron chi connectivity index (χ0n) is 15.5. The predicted octanol–water partition coefficient (Wildman–Crippen LogP) is 2.99. The van der Waals surface area contributed by atoms with Crippen molar-refractivity contribution in [3.8, 4) is 0 Å². The molecule has 1 saturated heterocycles. The smallest absolute Gasteiger partial charge is 0.254 e. The third-order valence-electron chi connectivity index (χ3n) is 4.99. The Balaban J connectivity index is 1.59. The van der Waals surface area contributed by atoms with Crippen LogP contribution >= 0.6 is 15.9 Å². The van der Waals surface area contributed by atoms with Gasteiger partial charge in [0.25, 0.3) is 5.91 Å². The molecule has 2 N–H and O–H groups in total. The average Bonchev–Trinajstić information content (AvgIpc) is 3.16. The fourth-order valence-corrected chi connectivity index (χ4v) is 4.02. The topological polar surface area (TPSA) is 70.4 Å². The molecule has 146 valence electrons. The van der Waals surface area contributed by atoms with Crippen molar-refractivity contribution in [2.24, 2.45) is 0 Å². The van der Waals surface area contributed by atoms with E-state index in [9.17, 15) is 9.90 Å². The molecule has 1 amide bonds. The molecule has 2 aromatic rings. The van der Waals surface area contributed by atoms with Gasteiger partial charge in [0, 0.05) is 23.8 Å². The molecule has 6 nitrogen and oxygen atoms in total. The maximum Gasteiger partial charge on any atom is 0.254 e. The Morgan fingerprint density at radius 1 is 1.22 bits per heavy atom. The highest BCUT2D eigenvalue weighted by molar-refractivity contribution is 9.10. The number of hydrogen-bond acceptors (Lipinski definition) is 4. The number of aliphatic hydroxyl groups is 1. The highest BCUT2D eigenvalue weighted by Crippen LogP contribution is 2.25. The van der Waals surface area contributed by atoms with Crippen molar-refractivity contribution in [1.82, 2.24) is 20.0 Å². The van der Waals surface area contributed by atoms with E-state index in [1.54, 1.807) is 12.4 Å². The van der Waals surface area contributed by atoms with Gasteiger partial charge >= 0.3 is 0 Å². The quantitative estimate of drug-likeness (QED) is 0.669. The molecule has 0 saturated carbocycles. The fourth-order valence-electron chi connectivity index (χ4n) is 3.46. The lowest BCUT2D eigenvalue weighted by atomic mass is 10.0. The van der Waals surface area contributed by atoms with Gasteiger partial charge in [-0.05, 0) is 44.0 Å². The minimum Gasteiger partial charge on any atom is -0.396 e. The summed E-state index contributed by atoms with van der Waals surface area (Å²) in [5.74, 6) is -0.173. The van der Waals surface area contributed by atoms with E-state index in [1.807, 2.05) is 28.9 Å². The Labute approximate surface area is 168 Å². The van der Waals surface area contributed by atoms with E-state index in [-0.39, 0.29) is 18.6 Å². The second-order valence-corrected chi connectivity index (χ2v) is 7.81. The number of halogens is 1. The number of piperidine rings is 1. The molecule has 27 heavy (non-hydrogen) atoms. The minimum absolute atomic E-state index is 0.00137. The zero-order valence-corrected chi connectivity index (χ0v) is 17.1. The van der Waals surface area contributed by atoms with Crippen LogP contribution in [0.4, 0.5) is 0 Å². The Kier molecular flexibility index (Phi) is 7.43. The second-order valence-electron chi connectivity index (χ2n) is 6.95. The van der Waals surface area contributed by atoms with Gasteiger partial charge in [0.2, 0.25) is 0 Å². The first-order valence-electron chi connectivity index (χ1n) is 9.58. The number of hydrogen-bond donors (Lipinski definition) is 2. The third-order valence-corrected chi connectivity index (χ3v) is 5.72. The molecule has 1 aliphatic heterocycles. The van der Waals surface area contributed by atoms with Crippen molar-refractivity contribution in [2.45, 2.75) is 38.3 Å². The van der Waals surface area contributed by atoms with Crippen LogP contribution in [0.3, 0.4) is 0 Å². The average molecular weight is 435 g/mol. The number of carbonyl (C=O) groups is 1. The van der Waals surface area contributed by atoms with Crippen LogP contribution in [0.15, 0.2) is 41.1 Å². The van der Waals surface area contributed by atoms with Crippen LogP contribution in [-0.2, 0) is 6.54 Å². The standard InChI is InChI=1S/C20H27BrN4O2/c21-18-7-3-2-6-17(18)19(8-13-26)23-20(27)16-14-22-25(15-16)12-11-24-9-4-1-5-10-24/h2-3,6-7,14-15,19,26H,1,4-5,8-13H2,(H,23,27)/t19-/m0/s1. The number of aliphatic hydroxyl groups excluding tert-OH is 1. The number of nitrogens with one attached hydrogen (secondary N) is 1. The number of rotatable bonds is 8. The molecule has 1 fully saturated rings. The van der Waals surface area contributed by atoms with Crippen LogP contribution in [0.2, 0.25) is 0 Å². The van der Waals surface area contributed by atoms with Crippen molar-refractivity contribution in [3.05, 3.63) is 52.3 Å². The minimum atomic E-state index is -0.255. The van der Waals surface area contributed by atoms with E-state index >= 15 is 0 Å². The summed E-state index contributed by atoms with van der Waals surface area (Å²) in [4.78, 5) is 15.1. The van der Waals surface area contributed by atoms with Gasteiger partial charge in [-0.3, -0.25) is 9.48 Å². The first-order valence-corrected chi connectivity index (χ1v) is 10.4. The highest BCUT2D eigenvalue weighted by atomic mass is 79.9. The van der Waals surface area contributed by atoms with Gasteiger partial charge in [-0.2, -0.15) is 5.10 Å². The van der Waals surface area contributed by atoms with Crippen LogP contribution in [-0.4, -0.2) is 51.9 Å². The van der Waals surface area contributed by atoms with Gasteiger partial charge in [0.05, 0.1) is 24.3 Å². The van der Waals surface area contributed by atoms with E-state index in [0.29, 0.717) is 12.0 Å². The molecule has 1 aromatic carbocycles. The van der Waals surface area contributed by atoms with Crippen molar-refractivity contribution < 1.29 is 9.90 Å². The molecule has 0 radical (unpaired) electrons. The van der Waals surface area contributed by atoms with E-state index in [1.165, 1.54) is 19.3 Å². The van der Waals surface area contributed by atoms with Crippen LogP contribution in [0.25, 0.3) is 0 Å². The van der Waals surface area contributed by atoms with Gasteiger partial charge in [-0.15, -0.1) is 0 Å². The van der Waals surface area contributed by atoms with Gasteiger partial charge < -0.3 is 15.3 Å². The van der Waals surface area contributed by atoms with Crippen LogP contribution in [0, 0.1) is 0 Å². The van der Waals surface area contributed by atoms with E-state index in [2.05, 4.69) is 31.2 Å². The Hall–Kier alpha value is -1.70. The predicted molar refractivity (Wildman–Crippen MR) is 109 cm³/mol.